The van der Waals surface area contributed by atoms with Gasteiger partial charge in [0.1, 0.15) is 17.2 Å². The quantitative estimate of drug-likeness (QED) is 0.131. The van der Waals surface area contributed by atoms with Gasteiger partial charge in [-0.1, -0.05) is 82.0 Å². The smallest absolute Gasteiger partial charge is 0.428 e. The number of imidazole rings is 1. The third kappa shape index (κ3) is 8.93. The first-order valence-electron chi connectivity index (χ1n) is 17.3. The lowest BCUT2D eigenvalue weighted by Crippen LogP contribution is -2.46. The molecule has 1 heterocycles. The van der Waals surface area contributed by atoms with Crippen LogP contribution in [0, 0.1) is 0 Å². The molecular weight excluding hydrogens is 588 g/mol. The number of para-hydroxylation sites is 1. The number of carbonyl (C=O) groups is 2. The van der Waals surface area contributed by atoms with E-state index in [0.717, 1.165) is 77.8 Å². The summed E-state index contributed by atoms with van der Waals surface area (Å²) in [6.45, 7) is 11.0. The first kappa shape index (κ1) is 34.0. The summed E-state index contributed by atoms with van der Waals surface area (Å²) in [4.78, 5) is 32.9. The van der Waals surface area contributed by atoms with E-state index in [1.54, 1.807) is 6.07 Å². The van der Waals surface area contributed by atoms with Gasteiger partial charge in [-0.15, -0.1) is 0 Å². The van der Waals surface area contributed by atoms with Crippen molar-refractivity contribution in [2.75, 3.05) is 11.4 Å². The van der Waals surface area contributed by atoms with E-state index in [9.17, 15) is 9.59 Å². The molecule has 250 valence electrons. The summed E-state index contributed by atoms with van der Waals surface area (Å²) < 4.78 is 13.3. The molecule has 4 aromatic rings. The highest BCUT2D eigenvalue weighted by molar-refractivity contribution is 5.94. The number of fused-ring (bicyclic) bond motifs is 1. The van der Waals surface area contributed by atoms with Crippen molar-refractivity contribution in [2.24, 2.45) is 0 Å². The number of ether oxygens (including phenoxy) is 2. The number of carbonyl (C=O) groups excluding carboxylic acids is 2. The van der Waals surface area contributed by atoms with Gasteiger partial charge in [0.2, 0.25) is 0 Å². The van der Waals surface area contributed by atoms with Crippen LogP contribution < -0.4 is 15.0 Å². The van der Waals surface area contributed by atoms with E-state index in [1.165, 1.54) is 19.3 Å². The zero-order chi connectivity index (χ0) is 33.4. The summed E-state index contributed by atoms with van der Waals surface area (Å²) in [5.41, 5.74) is 5.10. The second-order valence-corrected chi connectivity index (χ2v) is 13.6. The number of aromatic nitrogens is 2. The van der Waals surface area contributed by atoms with E-state index >= 15 is 0 Å². The molecular formula is C39H50N4O4. The monoisotopic (exact) mass is 638 g/mol. The SMILES string of the molecule is CCCCc1nc2ccc(N(CCC)C(=O)NC3CCCCC3)cc2n1Cc1ccc(-c2ccccc2OC(=O)OC(C)(C)C)cc1. The van der Waals surface area contributed by atoms with Gasteiger partial charge in [-0.3, -0.25) is 4.90 Å². The molecule has 1 aromatic heterocycles. The number of nitrogens with zero attached hydrogens (tertiary/aromatic N) is 3. The molecule has 8 heteroatoms. The van der Waals surface area contributed by atoms with Crippen LogP contribution in [-0.4, -0.2) is 39.9 Å². The Hall–Kier alpha value is -4.33. The largest absolute Gasteiger partial charge is 0.514 e. The van der Waals surface area contributed by atoms with Crippen molar-refractivity contribution in [3.8, 4) is 16.9 Å². The minimum Gasteiger partial charge on any atom is -0.428 e. The topological polar surface area (TPSA) is 85.7 Å². The van der Waals surface area contributed by atoms with Gasteiger partial charge in [0.15, 0.2) is 0 Å². The summed E-state index contributed by atoms with van der Waals surface area (Å²) >= 11 is 0. The molecule has 0 spiro atoms. The Bertz CT molecular complexity index is 1650. The highest BCUT2D eigenvalue weighted by Crippen LogP contribution is 2.32. The lowest BCUT2D eigenvalue weighted by atomic mass is 9.96. The van der Waals surface area contributed by atoms with Gasteiger partial charge in [0.05, 0.1) is 11.0 Å². The summed E-state index contributed by atoms with van der Waals surface area (Å²) in [5.74, 6) is 1.50. The molecule has 3 aromatic carbocycles. The fraction of sp³-hybridized carbons (Fsp3) is 0.462. The molecule has 1 saturated carbocycles. The number of benzene rings is 3. The van der Waals surface area contributed by atoms with E-state index in [2.05, 4.69) is 60.1 Å². The van der Waals surface area contributed by atoms with Gasteiger partial charge in [-0.05, 0) is 81.8 Å². The predicted octanol–water partition coefficient (Wildman–Crippen LogP) is 9.67. The van der Waals surface area contributed by atoms with Gasteiger partial charge in [-0.25, -0.2) is 14.6 Å². The number of nitrogens with one attached hydrogen (secondary N) is 1. The van der Waals surface area contributed by atoms with Gasteiger partial charge >= 0.3 is 12.2 Å². The van der Waals surface area contributed by atoms with E-state index in [1.807, 2.05) is 49.9 Å². The predicted molar refractivity (Wildman–Crippen MR) is 189 cm³/mol. The summed E-state index contributed by atoms with van der Waals surface area (Å²) in [6.07, 6.45) is 8.88. The molecule has 0 atom stereocenters. The Labute approximate surface area is 279 Å². The van der Waals surface area contributed by atoms with E-state index in [-0.39, 0.29) is 12.1 Å². The van der Waals surface area contributed by atoms with Crippen molar-refractivity contribution in [3.63, 3.8) is 0 Å². The third-order valence-electron chi connectivity index (χ3n) is 8.58. The van der Waals surface area contributed by atoms with E-state index in [4.69, 9.17) is 14.5 Å². The second kappa shape index (κ2) is 15.5. The number of hydrogen-bond acceptors (Lipinski definition) is 5. The molecule has 0 unspecified atom stereocenters. The van der Waals surface area contributed by atoms with Crippen LogP contribution in [0.25, 0.3) is 22.2 Å². The van der Waals surface area contributed by atoms with Crippen LogP contribution in [-0.2, 0) is 17.7 Å². The minimum absolute atomic E-state index is 0.0121. The number of amides is 2. The Morgan fingerprint density at radius 1 is 0.957 bits per heavy atom. The standard InChI is InChI=1S/C39H50N4O4/c1-6-8-18-36-41-33-24-23-31(42(25-7-2)37(44)40-30-14-10-9-11-15-30)26-34(33)43(36)27-28-19-21-29(22-20-28)32-16-12-13-17-35(32)46-38(45)47-39(3,4)5/h12-13,16-17,19-24,26,30H,6-11,14-15,18,25,27H2,1-5H3,(H,40,44). The van der Waals surface area contributed by atoms with Crippen LogP contribution in [0.1, 0.15) is 97.4 Å². The van der Waals surface area contributed by atoms with E-state index < -0.39 is 11.8 Å². The van der Waals surface area contributed by atoms with Crippen LogP contribution in [0.4, 0.5) is 15.3 Å². The Morgan fingerprint density at radius 3 is 2.40 bits per heavy atom. The summed E-state index contributed by atoms with van der Waals surface area (Å²) in [5, 5.41) is 3.31. The van der Waals surface area contributed by atoms with Crippen LogP contribution in [0.2, 0.25) is 0 Å². The first-order valence-corrected chi connectivity index (χ1v) is 17.3. The molecule has 8 nitrogen and oxygen atoms in total. The average Bonchev–Trinajstić information content (AvgIpc) is 3.38. The maximum absolute atomic E-state index is 13.5. The molecule has 0 saturated heterocycles. The number of anilines is 1. The van der Waals surface area contributed by atoms with E-state index in [0.29, 0.717) is 18.8 Å². The number of urea groups is 1. The van der Waals surface area contributed by atoms with Gasteiger partial charge in [-0.2, -0.15) is 0 Å². The molecule has 1 N–H and O–H groups in total. The number of unbranched alkanes of at least 4 members (excludes halogenated alkanes) is 1. The fourth-order valence-corrected chi connectivity index (χ4v) is 6.23. The Balaban J connectivity index is 1.41. The molecule has 0 bridgehead atoms. The maximum Gasteiger partial charge on any atom is 0.514 e. The van der Waals surface area contributed by atoms with Crippen molar-refractivity contribution in [1.29, 1.82) is 0 Å². The van der Waals surface area contributed by atoms with Gasteiger partial charge in [0, 0.05) is 36.8 Å². The van der Waals surface area contributed by atoms with Crippen molar-refractivity contribution in [1.82, 2.24) is 14.9 Å². The summed E-state index contributed by atoms with van der Waals surface area (Å²) in [6, 6.07) is 22.3. The lowest BCUT2D eigenvalue weighted by Gasteiger charge is -2.28. The maximum atomic E-state index is 13.5. The minimum atomic E-state index is -0.725. The Morgan fingerprint density at radius 2 is 1.70 bits per heavy atom. The number of aryl methyl sites for hydroxylation is 1. The van der Waals surface area contributed by atoms with Crippen molar-refractivity contribution in [2.45, 2.75) is 111 Å². The molecule has 0 aliphatic heterocycles. The van der Waals surface area contributed by atoms with Crippen molar-refractivity contribution >= 4 is 28.9 Å². The molecule has 2 amide bonds. The van der Waals surface area contributed by atoms with Crippen molar-refractivity contribution < 1.29 is 19.1 Å². The molecule has 1 aliphatic rings. The molecule has 1 fully saturated rings. The number of hydrogen-bond donors (Lipinski definition) is 1. The normalized spacial score (nSPS) is 13.8. The van der Waals surface area contributed by atoms with Crippen LogP contribution in [0.15, 0.2) is 66.7 Å². The first-order chi connectivity index (χ1) is 22.6. The average molecular weight is 639 g/mol. The third-order valence-corrected chi connectivity index (χ3v) is 8.58. The van der Waals surface area contributed by atoms with Crippen LogP contribution >= 0.6 is 0 Å². The summed E-state index contributed by atoms with van der Waals surface area (Å²) in [7, 11) is 0. The highest BCUT2D eigenvalue weighted by atomic mass is 16.7. The molecule has 47 heavy (non-hydrogen) atoms. The molecule has 5 rings (SSSR count). The molecule has 0 radical (unpaired) electrons. The molecule has 1 aliphatic carbocycles. The van der Waals surface area contributed by atoms with Gasteiger partial charge in [0.25, 0.3) is 0 Å². The Kier molecular flexibility index (Phi) is 11.2. The fourth-order valence-electron chi connectivity index (χ4n) is 6.23. The lowest BCUT2D eigenvalue weighted by molar-refractivity contribution is 0.0207. The van der Waals surface area contributed by atoms with Crippen molar-refractivity contribution in [3.05, 3.63) is 78.1 Å². The van der Waals surface area contributed by atoms with Crippen LogP contribution in [0.5, 0.6) is 5.75 Å². The second-order valence-electron chi connectivity index (χ2n) is 13.6. The van der Waals surface area contributed by atoms with Gasteiger partial charge < -0.3 is 19.4 Å². The highest BCUT2D eigenvalue weighted by Gasteiger charge is 2.23. The zero-order valence-electron chi connectivity index (χ0n) is 28.7. The number of rotatable bonds is 11. The zero-order valence-corrected chi connectivity index (χ0v) is 28.7. The van der Waals surface area contributed by atoms with Crippen LogP contribution in [0.3, 0.4) is 0 Å².